The number of guanidine groups is 1. The molecule has 0 aromatic heterocycles. The standard InChI is InChI=1S/C22H33N5O2/c1-23-21(29)18-6-4-5-15(11-18)9-10-24-22(25-14-20(28)27(2)3)26-19-13-16-7-8-17(19)12-16/h4-6,11,16-17,19H,7-10,12-14H2,1-3H3,(H,23,29)(H2,24,25,26). The first-order valence-corrected chi connectivity index (χ1v) is 10.5. The molecule has 29 heavy (non-hydrogen) atoms. The zero-order chi connectivity index (χ0) is 20.8. The van der Waals surface area contributed by atoms with Crippen LogP contribution in [0.25, 0.3) is 0 Å². The minimum absolute atomic E-state index is 0.0164. The average molecular weight is 400 g/mol. The second-order valence-corrected chi connectivity index (χ2v) is 8.33. The monoisotopic (exact) mass is 399 g/mol. The van der Waals surface area contributed by atoms with Gasteiger partial charge in [-0.3, -0.25) is 9.59 Å². The molecule has 0 heterocycles. The first-order chi connectivity index (χ1) is 14.0. The minimum atomic E-state index is -0.0813. The lowest BCUT2D eigenvalue weighted by Crippen LogP contribution is -2.46. The molecule has 2 fully saturated rings. The van der Waals surface area contributed by atoms with Gasteiger partial charge in [0.25, 0.3) is 5.91 Å². The first kappa shape index (κ1) is 21.1. The maximum atomic E-state index is 12.0. The van der Waals surface area contributed by atoms with Crippen molar-refractivity contribution in [1.29, 1.82) is 0 Å². The maximum Gasteiger partial charge on any atom is 0.251 e. The van der Waals surface area contributed by atoms with E-state index >= 15 is 0 Å². The van der Waals surface area contributed by atoms with E-state index in [1.807, 2.05) is 24.3 Å². The van der Waals surface area contributed by atoms with Gasteiger partial charge in [0.05, 0.1) is 0 Å². The molecule has 2 aliphatic rings. The molecule has 7 nitrogen and oxygen atoms in total. The Morgan fingerprint density at radius 1 is 1.21 bits per heavy atom. The summed E-state index contributed by atoms with van der Waals surface area (Å²) in [5.74, 6) is 2.18. The predicted octanol–water partition coefficient (Wildman–Crippen LogP) is 1.40. The SMILES string of the molecule is CNC(=O)c1cccc(CCNC(=NCC(=O)N(C)C)NC2CC3CCC2C3)c1. The summed E-state index contributed by atoms with van der Waals surface area (Å²) >= 11 is 0. The highest BCUT2D eigenvalue weighted by molar-refractivity contribution is 5.94. The molecule has 2 amide bonds. The van der Waals surface area contributed by atoms with E-state index in [-0.39, 0.29) is 18.4 Å². The van der Waals surface area contributed by atoms with Crippen LogP contribution in [-0.2, 0) is 11.2 Å². The van der Waals surface area contributed by atoms with Crippen LogP contribution in [0.1, 0.15) is 41.6 Å². The Morgan fingerprint density at radius 2 is 2.03 bits per heavy atom. The summed E-state index contributed by atoms with van der Waals surface area (Å²) in [5, 5.41) is 9.60. The van der Waals surface area contributed by atoms with Crippen LogP contribution in [0.2, 0.25) is 0 Å². The summed E-state index contributed by atoms with van der Waals surface area (Å²) in [4.78, 5) is 29.9. The van der Waals surface area contributed by atoms with Crippen molar-refractivity contribution in [3.63, 3.8) is 0 Å². The van der Waals surface area contributed by atoms with Gasteiger partial charge in [-0.25, -0.2) is 4.99 Å². The van der Waals surface area contributed by atoms with Crippen LogP contribution in [0.4, 0.5) is 0 Å². The molecule has 3 rings (SSSR count). The van der Waals surface area contributed by atoms with Gasteiger partial charge in [-0.15, -0.1) is 0 Å². The fraction of sp³-hybridized carbons (Fsp3) is 0.591. The van der Waals surface area contributed by atoms with E-state index in [0.29, 0.717) is 24.1 Å². The molecular weight excluding hydrogens is 366 g/mol. The quantitative estimate of drug-likeness (QED) is 0.478. The van der Waals surface area contributed by atoms with Crippen LogP contribution >= 0.6 is 0 Å². The second kappa shape index (κ2) is 9.76. The van der Waals surface area contributed by atoms with E-state index in [4.69, 9.17) is 0 Å². The van der Waals surface area contributed by atoms with Crippen molar-refractivity contribution < 1.29 is 9.59 Å². The first-order valence-electron chi connectivity index (χ1n) is 10.5. The van der Waals surface area contributed by atoms with Gasteiger partial charge in [0.15, 0.2) is 5.96 Å². The van der Waals surface area contributed by atoms with E-state index in [1.54, 1.807) is 26.0 Å². The molecule has 7 heteroatoms. The van der Waals surface area contributed by atoms with Crippen LogP contribution in [0, 0.1) is 11.8 Å². The van der Waals surface area contributed by atoms with Crippen molar-refractivity contribution >= 4 is 17.8 Å². The van der Waals surface area contributed by atoms with Crippen LogP contribution < -0.4 is 16.0 Å². The zero-order valence-electron chi connectivity index (χ0n) is 17.7. The largest absolute Gasteiger partial charge is 0.356 e. The summed E-state index contributed by atoms with van der Waals surface area (Å²) in [5.41, 5.74) is 1.75. The summed E-state index contributed by atoms with van der Waals surface area (Å²) in [6, 6.07) is 8.09. The number of carbonyl (C=O) groups excluding carboxylic acids is 2. The highest BCUT2D eigenvalue weighted by atomic mass is 16.2. The number of hydrogen-bond donors (Lipinski definition) is 3. The zero-order valence-corrected chi connectivity index (χ0v) is 17.7. The minimum Gasteiger partial charge on any atom is -0.356 e. The maximum absolute atomic E-state index is 12.0. The molecule has 3 atom stereocenters. The summed E-state index contributed by atoms with van der Waals surface area (Å²) in [6.45, 7) is 0.815. The molecular formula is C22H33N5O2. The number of benzene rings is 1. The van der Waals surface area contributed by atoms with Gasteiger partial charge in [0.2, 0.25) is 5.91 Å². The van der Waals surface area contributed by atoms with Crippen molar-refractivity contribution in [1.82, 2.24) is 20.9 Å². The summed E-state index contributed by atoms with van der Waals surface area (Å²) in [7, 11) is 5.12. The Kier molecular flexibility index (Phi) is 7.12. The van der Waals surface area contributed by atoms with Crippen molar-refractivity contribution in [3.05, 3.63) is 35.4 Å². The van der Waals surface area contributed by atoms with Crippen molar-refractivity contribution in [2.75, 3.05) is 34.2 Å². The summed E-state index contributed by atoms with van der Waals surface area (Å²) in [6.07, 6.45) is 5.92. The highest BCUT2D eigenvalue weighted by Gasteiger charge is 2.39. The van der Waals surface area contributed by atoms with E-state index in [0.717, 1.165) is 23.8 Å². The molecule has 1 aromatic rings. The number of nitrogens with zero attached hydrogens (tertiary/aromatic N) is 2. The van der Waals surface area contributed by atoms with Crippen molar-refractivity contribution in [3.8, 4) is 0 Å². The third kappa shape index (κ3) is 5.71. The van der Waals surface area contributed by atoms with Crippen LogP contribution in [-0.4, -0.2) is 62.9 Å². The molecule has 2 aliphatic carbocycles. The van der Waals surface area contributed by atoms with E-state index in [2.05, 4.69) is 20.9 Å². The number of hydrogen-bond acceptors (Lipinski definition) is 3. The number of nitrogens with one attached hydrogen (secondary N) is 3. The molecule has 1 aromatic carbocycles. The number of carbonyl (C=O) groups is 2. The molecule has 2 saturated carbocycles. The van der Waals surface area contributed by atoms with Gasteiger partial charge in [-0.1, -0.05) is 18.6 Å². The number of rotatable bonds is 7. The van der Waals surface area contributed by atoms with Gasteiger partial charge in [0.1, 0.15) is 6.54 Å². The second-order valence-electron chi connectivity index (χ2n) is 8.33. The van der Waals surface area contributed by atoms with Crippen LogP contribution in [0.5, 0.6) is 0 Å². The molecule has 158 valence electrons. The molecule has 0 spiro atoms. The van der Waals surface area contributed by atoms with Crippen LogP contribution in [0.15, 0.2) is 29.3 Å². The smallest absolute Gasteiger partial charge is 0.251 e. The third-order valence-corrected chi connectivity index (χ3v) is 6.05. The number of amides is 2. The lowest BCUT2D eigenvalue weighted by Gasteiger charge is -2.25. The number of likely N-dealkylation sites (N-methyl/N-ethyl adjacent to an activating group) is 1. The van der Waals surface area contributed by atoms with Crippen molar-refractivity contribution in [2.24, 2.45) is 16.8 Å². The predicted molar refractivity (Wildman–Crippen MR) is 115 cm³/mol. The van der Waals surface area contributed by atoms with Gasteiger partial charge >= 0.3 is 0 Å². The molecule has 0 saturated heterocycles. The molecule has 0 radical (unpaired) electrons. The molecule has 0 aliphatic heterocycles. The lowest BCUT2D eigenvalue weighted by atomic mass is 9.95. The van der Waals surface area contributed by atoms with E-state index in [1.165, 1.54) is 25.7 Å². The van der Waals surface area contributed by atoms with E-state index < -0.39 is 0 Å². The Bertz CT molecular complexity index is 761. The van der Waals surface area contributed by atoms with Gasteiger partial charge < -0.3 is 20.9 Å². The number of aliphatic imine (C=N–C) groups is 1. The Hall–Kier alpha value is -2.57. The normalized spacial score (nSPS) is 23.0. The molecule has 2 bridgehead atoms. The topological polar surface area (TPSA) is 85.8 Å². The Morgan fingerprint density at radius 3 is 2.69 bits per heavy atom. The van der Waals surface area contributed by atoms with Gasteiger partial charge in [-0.2, -0.15) is 0 Å². The lowest BCUT2D eigenvalue weighted by molar-refractivity contribution is -0.127. The fourth-order valence-corrected chi connectivity index (χ4v) is 4.38. The average Bonchev–Trinajstić information content (AvgIpc) is 3.34. The highest BCUT2D eigenvalue weighted by Crippen LogP contribution is 2.44. The van der Waals surface area contributed by atoms with Gasteiger partial charge in [0, 0.05) is 39.3 Å². The molecule has 3 N–H and O–H groups in total. The number of fused-ring (bicyclic) bond motifs is 2. The van der Waals surface area contributed by atoms with E-state index in [9.17, 15) is 9.59 Å². The third-order valence-electron chi connectivity index (χ3n) is 6.05. The van der Waals surface area contributed by atoms with Crippen LogP contribution in [0.3, 0.4) is 0 Å². The fourth-order valence-electron chi connectivity index (χ4n) is 4.38. The Labute approximate surface area is 173 Å². The van der Waals surface area contributed by atoms with Gasteiger partial charge in [-0.05, 0) is 55.2 Å². The summed E-state index contributed by atoms with van der Waals surface area (Å²) < 4.78 is 0. The Balaban J connectivity index is 1.58. The molecule has 3 unspecified atom stereocenters. The van der Waals surface area contributed by atoms with Crippen molar-refractivity contribution in [2.45, 2.75) is 38.1 Å².